The average Bonchev–Trinajstić information content (AvgIpc) is 3.75. The van der Waals surface area contributed by atoms with E-state index < -0.39 is 10.0 Å². The minimum absolute atomic E-state index is 0.111. The van der Waals surface area contributed by atoms with E-state index in [9.17, 15) is 18.5 Å². The fraction of sp³-hybridized carbons (Fsp3) is 0.370. The predicted molar refractivity (Wildman–Crippen MR) is 153 cm³/mol. The Kier molecular flexibility index (Phi) is 6.88. The maximum absolute atomic E-state index is 13.5. The molecular weight excluding hydrogens is 564 g/mol. The van der Waals surface area contributed by atoms with Crippen LogP contribution in [0.2, 0.25) is 0 Å². The van der Waals surface area contributed by atoms with Gasteiger partial charge in [0.25, 0.3) is 10.0 Å². The molecule has 2 aliphatic rings. The molecule has 1 saturated carbocycles. The van der Waals surface area contributed by atoms with Gasteiger partial charge in [0, 0.05) is 55.5 Å². The number of fused-ring (bicyclic) bond motifs is 2. The lowest BCUT2D eigenvalue weighted by molar-refractivity contribution is 0.218. The van der Waals surface area contributed by atoms with Crippen LogP contribution in [0.1, 0.15) is 29.8 Å². The highest BCUT2D eigenvalue weighted by atomic mass is 32.2. The zero-order valence-electron chi connectivity index (χ0n) is 22.4. The Labute approximate surface area is 241 Å². The van der Waals surface area contributed by atoms with Gasteiger partial charge in [-0.25, -0.2) is 27.2 Å². The summed E-state index contributed by atoms with van der Waals surface area (Å²) in [4.78, 5) is 25.3. The van der Waals surface area contributed by atoms with E-state index in [0.717, 1.165) is 29.9 Å². The Morgan fingerprint density at radius 1 is 1.22 bits per heavy atom. The number of anilines is 2. The van der Waals surface area contributed by atoms with Crippen LogP contribution in [0.3, 0.4) is 0 Å². The van der Waals surface area contributed by atoms with Crippen LogP contribution in [0, 0.1) is 30.1 Å². The number of nitrogens with one attached hydrogen (secondary N) is 1. The largest absolute Gasteiger partial charge is 0.388 e. The number of aromatic nitrogens is 4. The van der Waals surface area contributed by atoms with Crippen molar-refractivity contribution in [3.63, 3.8) is 0 Å². The lowest BCUT2D eigenvalue weighted by Gasteiger charge is -2.29. The highest BCUT2D eigenvalue weighted by Crippen LogP contribution is 2.43. The molecule has 3 atom stereocenters. The highest BCUT2D eigenvalue weighted by molar-refractivity contribution is 7.90. The first kappa shape index (κ1) is 27.1. The molecule has 4 heterocycles. The number of urea groups is 1. The second kappa shape index (κ2) is 10.4. The first-order valence-electron chi connectivity index (χ1n) is 13.1. The maximum atomic E-state index is 13.5. The number of rotatable bonds is 6. The first-order valence-corrected chi connectivity index (χ1v) is 15.4. The summed E-state index contributed by atoms with van der Waals surface area (Å²) in [5.41, 5.74) is 2.27. The van der Waals surface area contributed by atoms with Gasteiger partial charge in [-0.15, -0.1) is 0 Å². The number of pyridine rings is 1. The normalized spacial score (nSPS) is 20.2. The number of carbonyl (C=O) groups is 1. The van der Waals surface area contributed by atoms with Crippen LogP contribution in [-0.2, 0) is 16.6 Å². The standard InChI is InChI=1S/C27H28N8O4S2/c1-16-3-5-21(6-4-16)41(38,39)35-8-7-22-24(19(11-28)12-29-25(22)35)33(2)20-9-17-13-34(14-18(17)10-20)27(37)31-26-30-23(15-36)32-40-26/h3-8,12,17-18,20,36H,9-10,13-15H2,1-2H3,(H,30,31,32,37)/t17-,18+,20?. The molecule has 0 bridgehead atoms. The van der Waals surface area contributed by atoms with Gasteiger partial charge < -0.3 is 14.9 Å². The average molecular weight is 593 g/mol. The monoisotopic (exact) mass is 592 g/mol. The van der Waals surface area contributed by atoms with Crippen LogP contribution in [0.25, 0.3) is 11.0 Å². The molecule has 2 fully saturated rings. The molecule has 0 spiro atoms. The Hall–Kier alpha value is -4.06. The Bertz CT molecular complexity index is 1760. The van der Waals surface area contributed by atoms with Crippen LogP contribution in [0.5, 0.6) is 0 Å². The molecule has 2 N–H and O–H groups in total. The van der Waals surface area contributed by atoms with Crippen LogP contribution in [0.4, 0.5) is 15.6 Å². The van der Waals surface area contributed by atoms with E-state index in [4.69, 9.17) is 5.11 Å². The number of aryl methyl sites for hydroxylation is 1. The minimum Gasteiger partial charge on any atom is -0.388 e. The third-order valence-corrected chi connectivity index (χ3v) is 10.4. The molecule has 6 rings (SSSR count). The topological polar surface area (TPSA) is 157 Å². The fourth-order valence-electron chi connectivity index (χ4n) is 6.00. The number of nitriles is 1. The van der Waals surface area contributed by atoms with E-state index in [1.54, 1.807) is 35.2 Å². The van der Waals surface area contributed by atoms with Crippen LogP contribution in [0.15, 0.2) is 47.6 Å². The molecule has 3 aromatic heterocycles. The van der Waals surface area contributed by atoms with Gasteiger partial charge in [0.1, 0.15) is 12.7 Å². The van der Waals surface area contributed by atoms with Gasteiger partial charge in [-0.2, -0.15) is 9.64 Å². The summed E-state index contributed by atoms with van der Waals surface area (Å²) in [6.45, 7) is 2.83. The van der Waals surface area contributed by atoms with Crippen molar-refractivity contribution in [1.29, 1.82) is 5.26 Å². The van der Waals surface area contributed by atoms with Crippen molar-refractivity contribution in [2.75, 3.05) is 30.4 Å². The third-order valence-electron chi connectivity index (χ3n) is 8.09. The number of amides is 2. The van der Waals surface area contributed by atoms with Gasteiger partial charge in [-0.05, 0) is 49.8 Å². The lowest BCUT2D eigenvalue weighted by atomic mass is 10.0. The Morgan fingerprint density at radius 2 is 1.93 bits per heavy atom. The number of carbonyl (C=O) groups excluding carboxylic acids is 1. The van der Waals surface area contributed by atoms with Crippen molar-refractivity contribution in [3.05, 3.63) is 59.7 Å². The molecular formula is C27H28N8O4S2. The predicted octanol–water partition coefficient (Wildman–Crippen LogP) is 3.18. The van der Waals surface area contributed by atoms with Crippen molar-refractivity contribution in [2.24, 2.45) is 11.8 Å². The number of hydrogen-bond acceptors (Lipinski definition) is 10. The molecule has 2 amide bonds. The number of benzene rings is 1. The minimum atomic E-state index is -3.88. The third kappa shape index (κ3) is 4.79. The summed E-state index contributed by atoms with van der Waals surface area (Å²) >= 11 is 1.03. The van der Waals surface area contributed by atoms with Gasteiger partial charge in [-0.3, -0.25) is 5.32 Å². The molecule has 1 aromatic carbocycles. The molecule has 1 saturated heterocycles. The van der Waals surface area contributed by atoms with Crippen molar-refractivity contribution in [2.45, 2.75) is 37.3 Å². The summed E-state index contributed by atoms with van der Waals surface area (Å²) in [5, 5.41) is 22.8. The van der Waals surface area contributed by atoms with Crippen LogP contribution >= 0.6 is 11.5 Å². The summed E-state index contributed by atoms with van der Waals surface area (Å²) < 4.78 is 32.1. The molecule has 4 aromatic rings. The smallest absolute Gasteiger partial charge is 0.323 e. The summed E-state index contributed by atoms with van der Waals surface area (Å²) in [6.07, 6.45) is 4.59. The van der Waals surface area contributed by atoms with Gasteiger partial charge >= 0.3 is 6.03 Å². The molecule has 212 valence electrons. The summed E-state index contributed by atoms with van der Waals surface area (Å²) in [6, 6.07) is 10.5. The SMILES string of the molecule is Cc1ccc(S(=O)(=O)n2ccc3c(N(C)C4C[C@@H]5CN(C(=O)Nc6nc(CO)ns6)C[C@@H]5C4)c(C#N)cnc32)cc1. The van der Waals surface area contributed by atoms with Crippen molar-refractivity contribution in [3.8, 4) is 6.07 Å². The molecule has 12 nitrogen and oxygen atoms in total. The Balaban J connectivity index is 1.21. The molecule has 1 aliphatic heterocycles. The number of likely N-dealkylation sites (tertiary alicyclic amines) is 1. The zero-order chi connectivity index (χ0) is 28.9. The second-order valence-corrected chi connectivity index (χ2v) is 13.1. The van der Waals surface area contributed by atoms with E-state index in [1.165, 1.54) is 16.4 Å². The van der Waals surface area contributed by atoms with Crippen LogP contribution in [-0.4, -0.2) is 68.9 Å². The number of nitrogens with zero attached hydrogens (tertiary/aromatic N) is 7. The molecule has 1 unspecified atom stereocenters. The summed E-state index contributed by atoms with van der Waals surface area (Å²) in [5.74, 6) is 0.870. The molecule has 41 heavy (non-hydrogen) atoms. The van der Waals surface area contributed by atoms with E-state index in [-0.39, 0.29) is 35.0 Å². The van der Waals surface area contributed by atoms with E-state index in [2.05, 4.69) is 30.6 Å². The van der Waals surface area contributed by atoms with Gasteiger partial charge in [0.05, 0.1) is 16.1 Å². The van der Waals surface area contributed by atoms with Crippen LogP contribution < -0.4 is 10.2 Å². The maximum Gasteiger partial charge on any atom is 0.323 e. The molecule has 0 radical (unpaired) electrons. The van der Waals surface area contributed by atoms with Gasteiger partial charge in [0.15, 0.2) is 11.5 Å². The highest BCUT2D eigenvalue weighted by Gasteiger charge is 2.44. The van der Waals surface area contributed by atoms with Crippen molar-refractivity contribution < 1.29 is 18.3 Å². The van der Waals surface area contributed by atoms with Gasteiger partial charge in [0.2, 0.25) is 5.13 Å². The van der Waals surface area contributed by atoms with E-state index in [1.807, 2.05) is 14.0 Å². The molecule has 1 aliphatic carbocycles. The van der Waals surface area contributed by atoms with E-state index in [0.29, 0.717) is 46.7 Å². The molecule has 14 heteroatoms. The quantitative estimate of drug-likeness (QED) is 0.343. The number of aliphatic hydroxyl groups is 1. The van der Waals surface area contributed by atoms with E-state index >= 15 is 0 Å². The van der Waals surface area contributed by atoms with Gasteiger partial charge in [-0.1, -0.05) is 17.7 Å². The first-order chi connectivity index (χ1) is 19.7. The summed E-state index contributed by atoms with van der Waals surface area (Å²) in [7, 11) is -1.94. The van der Waals surface area contributed by atoms with Crippen molar-refractivity contribution >= 4 is 49.4 Å². The second-order valence-electron chi connectivity index (χ2n) is 10.6. The number of hydrogen-bond donors (Lipinski definition) is 2. The number of aliphatic hydroxyl groups excluding tert-OH is 1. The van der Waals surface area contributed by atoms with Crippen molar-refractivity contribution in [1.82, 2.24) is 23.2 Å². The fourth-order valence-corrected chi connectivity index (χ4v) is 7.87. The zero-order valence-corrected chi connectivity index (χ0v) is 24.1. The lowest BCUT2D eigenvalue weighted by Crippen LogP contribution is -2.36. The Morgan fingerprint density at radius 3 is 2.56 bits per heavy atom.